The highest BCUT2D eigenvalue weighted by Gasteiger charge is 2.15. The number of hydrogen-bond donors (Lipinski definition) is 1. The Morgan fingerprint density at radius 1 is 1.33 bits per heavy atom. The average molecular weight is 316 g/mol. The normalized spacial score (nSPS) is 16.8. The quantitative estimate of drug-likeness (QED) is 0.699. The lowest BCUT2D eigenvalue weighted by Crippen LogP contribution is -2.19. The molecule has 1 fully saturated rings. The first kappa shape index (κ1) is 14.0. The Kier molecular flexibility index (Phi) is 4.12. The van der Waals surface area contributed by atoms with Crippen molar-refractivity contribution in [3.8, 4) is 10.4 Å². The molecule has 7 heteroatoms. The second-order valence-corrected chi connectivity index (χ2v) is 6.21. The number of aryl methyl sites for hydroxylation is 1. The summed E-state index contributed by atoms with van der Waals surface area (Å²) in [6.07, 6.45) is 1.67. The van der Waals surface area contributed by atoms with E-state index in [1.165, 1.54) is 23.3 Å². The van der Waals surface area contributed by atoms with Crippen molar-refractivity contribution in [2.45, 2.75) is 6.92 Å². The van der Waals surface area contributed by atoms with Crippen LogP contribution in [0.5, 0.6) is 0 Å². The Labute approximate surface area is 130 Å². The van der Waals surface area contributed by atoms with Crippen molar-refractivity contribution in [3.63, 3.8) is 0 Å². The minimum Gasteiger partial charge on any atom is -0.303 e. The third-order valence-corrected chi connectivity index (χ3v) is 4.56. The summed E-state index contributed by atoms with van der Waals surface area (Å²) in [5.41, 5.74) is 3.13. The van der Waals surface area contributed by atoms with E-state index in [0.717, 1.165) is 21.7 Å². The molecule has 1 saturated heterocycles. The molecule has 3 rings (SSSR count). The molecule has 106 valence electrons. The van der Waals surface area contributed by atoms with Gasteiger partial charge in [0.2, 0.25) is 5.91 Å². The van der Waals surface area contributed by atoms with Crippen LogP contribution >= 0.6 is 23.3 Å². The zero-order valence-electron chi connectivity index (χ0n) is 11.2. The van der Waals surface area contributed by atoms with Crippen molar-refractivity contribution in [2.24, 2.45) is 10.2 Å². The van der Waals surface area contributed by atoms with Crippen LogP contribution in [-0.4, -0.2) is 27.4 Å². The van der Waals surface area contributed by atoms with Crippen molar-refractivity contribution in [1.82, 2.24) is 9.69 Å². The number of nitrogens with zero attached hydrogens (tertiary/aromatic N) is 3. The SMILES string of the molecule is Cc1cc(-c2ccc(C=NN=C3NC(=O)CS3)cc2)sn1. The Bertz CT molecular complexity index is 719. The molecule has 2 heterocycles. The van der Waals surface area contributed by atoms with Crippen LogP contribution < -0.4 is 5.32 Å². The summed E-state index contributed by atoms with van der Waals surface area (Å²) in [5, 5.41) is 11.1. The zero-order chi connectivity index (χ0) is 14.7. The number of amidine groups is 1. The van der Waals surface area contributed by atoms with Gasteiger partial charge in [-0.05, 0) is 35.6 Å². The van der Waals surface area contributed by atoms with Gasteiger partial charge in [-0.25, -0.2) is 0 Å². The van der Waals surface area contributed by atoms with E-state index in [1.54, 1.807) is 6.21 Å². The molecule has 1 amide bonds. The number of rotatable bonds is 3. The van der Waals surface area contributed by atoms with Crippen molar-refractivity contribution in [2.75, 3.05) is 5.75 Å². The molecule has 21 heavy (non-hydrogen) atoms. The van der Waals surface area contributed by atoms with Crippen LogP contribution in [0.4, 0.5) is 0 Å². The minimum absolute atomic E-state index is 0.0295. The number of aromatic nitrogens is 1. The highest BCUT2D eigenvalue weighted by atomic mass is 32.2. The Morgan fingerprint density at radius 3 is 2.76 bits per heavy atom. The molecule has 0 spiro atoms. The summed E-state index contributed by atoms with van der Waals surface area (Å²) in [6.45, 7) is 1.99. The summed E-state index contributed by atoms with van der Waals surface area (Å²) in [4.78, 5) is 12.1. The number of amides is 1. The van der Waals surface area contributed by atoms with Gasteiger partial charge in [0.05, 0.1) is 22.5 Å². The van der Waals surface area contributed by atoms with Crippen LogP contribution in [0.1, 0.15) is 11.3 Å². The third kappa shape index (κ3) is 3.56. The summed E-state index contributed by atoms with van der Waals surface area (Å²) >= 11 is 2.85. The van der Waals surface area contributed by atoms with Gasteiger partial charge < -0.3 is 5.32 Å². The van der Waals surface area contributed by atoms with E-state index < -0.39 is 0 Å². The van der Waals surface area contributed by atoms with Gasteiger partial charge in [0.25, 0.3) is 0 Å². The highest BCUT2D eigenvalue weighted by molar-refractivity contribution is 8.15. The van der Waals surface area contributed by atoms with Crippen LogP contribution in [0.15, 0.2) is 40.5 Å². The number of carbonyl (C=O) groups is 1. The Morgan fingerprint density at radius 2 is 2.14 bits per heavy atom. The van der Waals surface area contributed by atoms with Crippen LogP contribution in [-0.2, 0) is 4.79 Å². The lowest BCUT2D eigenvalue weighted by molar-refractivity contribution is -0.116. The van der Waals surface area contributed by atoms with Crippen molar-refractivity contribution in [1.29, 1.82) is 0 Å². The van der Waals surface area contributed by atoms with Crippen LogP contribution in [0.25, 0.3) is 10.4 Å². The first-order chi connectivity index (χ1) is 10.2. The summed E-state index contributed by atoms with van der Waals surface area (Å²) in [6, 6.07) is 10.1. The fraction of sp³-hybridized carbons (Fsp3) is 0.143. The van der Waals surface area contributed by atoms with Crippen molar-refractivity contribution < 1.29 is 4.79 Å². The maximum atomic E-state index is 11.0. The van der Waals surface area contributed by atoms with E-state index in [0.29, 0.717) is 10.9 Å². The fourth-order valence-corrected chi connectivity index (χ4v) is 3.15. The van der Waals surface area contributed by atoms with Crippen LogP contribution in [0.3, 0.4) is 0 Å². The molecule has 1 aliphatic heterocycles. The van der Waals surface area contributed by atoms with Crippen molar-refractivity contribution >= 4 is 40.6 Å². The van der Waals surface area contributed by atoms with E-state index in [4.69, 9.17) is 0 Å². The van der Waals surface area contributed by atoms with Gasteiger partial charge in [-0.15, -0.1) is 5.10 Å². The molecule has 1 aromatic heterocycles. The van der Waals surface area contributed by atoms with E-state index in [1.807, 2.05) is 31.2 Å². The lowest BCUT2D eigenvalue weighted by atomic mass is 10.1. The molecule has 0 radical (unpaired) electrons. The van der Waals surface area contributed by atoms with Gasteiger partial charge in [0.15, 0.2) is 5.17 Å². The Hall–Kier alpha value is -1.99. The number of nitrogens with one attached hydrogen (secondary N) is 1. The van der Waals surface area contributed by atoms with E-state index in [-0.39, 0.29) is 5.91 Å². The van der Waals surface area contributed by atoms with Gasteiger partial charge in [0.1, 0.15) is 0 Å². The maximum Gasteiger partial charge on any atom is 0.236 e. The number of hydrogen-bond acceptors (Lipinski definition) is 6. The molecule has 0 atom stereocenters. The van der Waals surface area contributed by atoms with Gasteiger partial charge >= 0.3 is 0 Å². The van der Waals surface area contributed by atoms with Gasteiger partial charge in [0, 0.05) is 0 Å². The predicted molar refractivity (Wildman–Crippen MR) is 87.9 cm³/mol. The first-order valence-corrected chi connectivity index (χ1v) is 8.04. The molecular formula is C14H12N4OS2. The predicted octanol–water partition coefficient (Wildman–Crippen LogP) is 2.67. The topological polar surface area (TPSA) is 66.7 Å². The second-order valence-electron chi connectivity index (χ2n) is 4.44. The standard InChI is InChI=1S/C14H12N4OS2/c1-9-6-12(21-18-9)11-4-2-10(3-5-11)7-15-17-14-16-13(19)8-20-14/h2-7H,8H2,1H3,(H,16,17,19). The van der Waals surface area contributed by atoms with Crippen LogP contribution in [0.2, 0.25) is 0 Å². The van der Waals surface area contributed by atoms with Crippen molar-refractivity contribution in [3.05, 3.63) is 41.6 Å². The third-order valence-electron chi connectivity index (χ3n) is 2.76. The molecule has 1 aromatic carbocycles. The lowest BCUT2D eigenvalue weighted by Gasteiger charge is -1.97. The smallest absolute Gasteiger partial charge is 0.236 e. The second kappa shape index (κ2) is 6.19. The molecule has 0 saturated carbocycles. The van der Waals surface area contributed by atoms with Crippen LogP contribution in [0, 0.1) is 6.92 Å². The Balaban J connectivity index is 1.68. The maximum absolute atomic E-state index is 11.0. The van der Waals surface area contributed by atoms with E-state index in [2.05, 4.69) is 26.0 Å². The molecule has 2 aromatic rings. The number of benzene rings is 1. The van der Waals surface area contributed by atoms with E-state index >= 15 is 0 Å². The average Bonchev–Trinajstić information content (AvgIpc) is 3.09. The van der Waals surface area contributed by atoms with Gasteiger partial charge in [-0.3, -0.25) is 4.79 Å². The number of carbonyl (C=O) groups excluding carboxylic acids is 1. The number of thioether (sulfide) groups is 1. The first-order valence-electron chi connectivity index (χ1n) is 6.28. The van der Waals surface area contributed by atoms with Gasteiger partial charge in [-0.1, -0.05) is 36.0 Å². The molecular weight excluding hydrogens is 304 g/mol. The fourth-order valence-electron chi connectivity index (χ4n) is 1.76. The minimum atomic E-state index is -0.0295. The van der Waals surface area contributed by atoms with Gasteiger partial charge in [-0.2, -0.15) is 9.47 Å². The monoisotopic (exact) mass is 316 g/mol. The van der Waals surface area contributed by atoms with E-state index in [9.17, 15) is 4.79 Å². The molecule has 1 aliphatic rings. The molecule has 0 bridgehead atoms. The summed E-state index contributed by atoms with van der Waals surface area (Å²) in [5.74, 6) is 0.385. The molecule has 1 N–H and O–H groups in total. The molecule has 5 nitrogen and oxygen atoms in total. The highest BCUT2D eigenvalue weighted by Crippen LogP contribution is 2.24. The summed E-state index contributed by atoms with van der Waals surface area (Å²) in [7, 11) is 0. The molecule has 0 unspecified atom stereocenters. The summed E-state index contributed by atoms with van der Waals surface area (Å²) < 4.78 is 4.28. The zero-order valence-corrected chi connectivity index (χ0v) is 12.9. The largest absolute Gasteiger partial charge is 0.303 e. The molecule has 0 aliphatic carbocycles.